The zero-order valence-electron chi connectivity index (χ0n) is 12.9. The molecular weight excluding hydrogens is 310 g/mol. The quantitative estimate of drug-likeness (QED) is 0.782. The van der Waals surface area contributed by atoms with Crippen LogP contribution >= 0.6 is 11.3 Å². The van der Waals surface area contributed by atoms with Crippen LogP contribution in [0.25, 0.3) is 11.4 Å². The van der Waals surface area contributed by atoms with Crippen molar-refractivity contribution in [3.8, 4) is 11.4 Å². The number of carbonyl (C=O) groups excluding carboxylic acids is 1. The number of thiophene rings is 1. The van der Waals surface area contributed by atoms with Crippen LogP contribution in [-0.2, 0) is 6.54 Å². The molecule has 0 saturated carbocycles. The minimum absolute atomic E-state index is 0.108. The molecule has 2 heterocycles. The van der Waals surface area contributed by atoms with Gasteiger partial charge in [-0.2, -0.15) is 0 Å². The van der Waals surface area contributed by atoms with Crippen molar-refractivity contribution in [2.24, 2.45) is 0 Å². The molecule has 0 aliphatic rings. The highest BCUT2D eigenvalue weighted by Crippen LogP contribution is 2.20. The van der Waals surface area contributed by atoms with Gasteiger partial charge in [-0.25, -0.2) is 4.68 Å². The van der Waals surface area contributed by atoms with E-state index in [0.29, 0.717) is 17.9 Å². The van der Waals surface area contributed by atoms with Crippen LogP contribution in [0.3, 0.4) is 0 Å². The van der Waals surface area contributed by atoms with Crippen molar-refractivity contribution in [2.75, 3.05) is 0 Å². The number of rotatable bonds is 5. The monoisotopic (exact) mass is 327 g/mol. The summed E-state index contributed by atoms with van der Waals surface area (Å²) in [5.41, 5.74) is 1.42. The molecule has 6 nitrogen and oxygen atoms in total. The largest absolute Gasteiger partial charge is 0.347 e. The van der Waals surface area contributed by atoms with Crippen LogP contribution in [0.5, 0.6) is 0 Å². The fourth-order valence-corrected chi connectivity index (χ4v) is 2.86. The summed E-state index contributed by atoms with van der Waals surface area (Å²) < 4.78 is 1.74. The van der Waals surface area contributed by atoms with Crippen LogP contribution < -0.4 is 5.32 Å². The first-order valence-electron chi connectivity index (χ1n) is 7.34. The van der Waals surface area contributed by atoms with Gasteiger partial charge in [-0.1, -0.05) is 18.2 Å². The summed E-state index contributed by atoms with van der Waals surface area (Å²) in [5.74, 6) is 0.553. The van der Waals surface area contributed by atoms with Crippen molar-refractivity contribution in [3.05, 3.63) is 52.2 Å². The van der Waals surface area contributed by atoms with E-state index in [4.69, 9.17) is 0 Å². The third kappa shape index (κ3) is 3.45. The zero-order chi connectivity index (χ0) is 16.2. The smallest absolute Gasteiger partial charge is 0.251 e. The number of aromatic nitrogens is 4. The van der Waals surface area contributed by atoms with Crippen LogP contribution in [0.2, 0.25) is 0 Å². The maximum Gasteiger partial charge on any atom is 0.251 e. The highest BCUT2D eigenvalue weighted by molar-refractivity contribution is 7.09. The van der Waals surface area contributed by atoms with E-state index in [0.717, 1.165) is 10.4 Å². The third-order valence-electron chi connectivity index (χ3n) is 3.37. The predicted octanol–water partition coefficient (Wildman–Crippen LogP) is 2.91. The molecule has 1 amide bonds. The number of benzene rings is 1. The molecule has 3 rings (SSSR count). The highest BCUT2D eigenvalue weighted by Gasteiger charge is 2.13. The summed E-state index contributed by atoms with van der Waals surface area (Å²) in [6.07, 6.45) is 0. The Labute approximate surface area is 138 Å². The SMILES string of the molecule is CC(C)n1nnnc1-c1cccc(C(=O)NCc2cccs2)c1. The van der Waals surface area contributed by atoms with E-state index < -0.39 is 0 Å². The van der Waals surface area contributed by atoms with Crippen molar-refractivity contribution in [1.29, 1.82) is 0 Å². The van der Waals surface area contributed by atoms with Gasteiger partial charge in [0.05, 0.1) is 12.6 Å². The number of carbonyl (C=O) groups is 1. The summed E-state index contributed by atoms with van der Waals surface area (Å²) >= 11 is 1.62. The molecule has 1 N–H and O–H groups in total. The molecule has 0 aliphatic heterocycles. The van der Waals surface area contributed by atoms with E-state index in [-0.39, 0.29) is 11.9 Å². The van der Waals surface area contributed by atoms with E-state index in [1.54, 1.807) is 22.1 Å². The number of nitrogens with one attached hydrogen (secondary N) is 1. The van der Waals surface area contributed by atoms with Crippen LogP contribution in [0, 0.1) is 0 Å². The Morgan fingerprint density at radius 1 is 1.30 bits per heavy atom. The van der Waals surface area contributed by atoms with Crippen LogP contribution in [0.4, 0.5) is 0 Å². The summed E-state index contributed by atoms with van der Waals surface area (Å²) in [7, 11) is 0. The topological polar surface area (TPSA) is 72.7 Å². The van der Waals surface area contributed by atoms with Gasteiger partial charge in [0.15, 0.2) is 5.82 Å². The summed E-state index contributed by atoms with van der Waals surface area (Å²) in [4.78, 5) is 13.4. The molecule has 3 aromatic rings. The summed E-state index contributed by atoms with van der Waals surface area (Å²) in [6, 6.07) is 11.5. The van der Waals surface area contributed by atoms with E-state index in [2.05, 4.69) is 20.8 Å². The minimum atomic E-state index is -0.108. The molecule has 1 aromatic carbocycles. The first-order chi connectivity index (χ1) is 11.1. The van der Waals surface area contributed by atoms with Crippen molar-refractivity contribution in [3.63, 3.8) is 0 Å². The average Bonchev–Trinajstić information content (AvgIpc) is 3.24. The average molecular weight is 327 g/mol. The molecule has 118 valence electrons. The highest BCUT2D eigenvalue weighted by atomic mass is 32.1. The number of hydrogen-bond acceptors (Lipinski definition) is 5. The van der Waals surface area contributed by atoms with Gasteiger partial charge < -0.3 is 5.32 Å². The van der Waals surface area contributed by atoms with Crippen molar-refractivity contribution < 1.29 is 4.79 Å². The Kier molecular flexibility index (Phi) is 4.47. The van der Waals surface area contributed by atoms with Gasteiger partial charge in [0.2, 0.25) is 0 Å². The molecule has 0 saturated heterocycles. The molecule has 0 radical (unpaired) electrons. The molecule has 7 heteroatoms. The van der Waals surface area contributed by atoms with E-state index in [1.807, 2.05) is 49.6 Å². The van der Waals surface area contributed by atoms with Crippen LogP contribution in [-0.4, -0.2) is 26.1 Å². The van der Waals surface area contributed by atoms with Crippen molar-refractivity contribution >= 4 is 17.2 Å². The van der Waals surface area contributed by atoms with E-state index >= 15 is 0 Å². The predicted molar refractivity (Wildman–Crippen MR) is 89.1 cm³/mol. The number of amides is 1. The number of tetrazole rings is 1. The molecule has 2 aromatic heterocycles. The molecule has 0 atom stereocenters. The van der Waals surface area contributed by atoms with Gasteiger partial charge in [-0.15, -0.1) is 16.4 Å². The zero-order valence-corrected chi connectivity index (χ0v) is 13.7. The Balaban J connectivity index is 1.79. The lowest BCUT2D eigenvalue weighted by molar-refractivity contribution is 0.0951. The van der Waals surface area contributed by atoms with Gasteiger partial charge in [-0.3, -0.25) is 4.79 Å². The second kappa shape index (κ2) is 6.70. The fraction of sp³-hybridized carbons (Fsp3) is 0.250. The standard InChI is InChI=1S/C16H17N5OS/c1-11(2)21-15(18-19-20-21)12-5-3-6-13(9-12)16(22)17-10-14-7-4-8-23-14/h3-9,11H,10H2,1-2H3,(H,17,22). The fourth-order valence-electron chi connectivity index (χ4n) is 2.21. The first kappa shape index (κ1) is 15.4. The summed E-state index contributed by atoms with van der Waals surface area (Å²) in [6.45, 7) is 4.55. The Morgan fingerprint density at radius 3 is 2.91 bits per heavy atom. The normalized spacial score (nSPS) is 10.9. The van der Waals surface area contributed by atoms with E-state index in [1.165, 1.54) is 0 Å². The first-order valence-corrected chi connectivity index (χ1v) is 8.22. The Bertz CT molecular complexity index is 794. The van der Waals surface area contributed by atoms with Gasteiger partial charge in [0.25, 0.3) is 5.91 Å². The lowest BCUT2D eigenvalue weighted by Gasteiger charge is -2.09. The molecule has 0 spiro atoms. The number of nitrogens with zero attached hydrogens (tertiary/aromatic N) is 4. The second-order valence-electron chi connectivity index (χ2n) is 5.38. The molecule has 0 unspecified atom stereocenters. The Hall–Kier alpha value is -2.54. The second-order valence-corrected chi connectivity index (χ2v) is 6.42. The van der Waals surface area contributed by atoms with E-state index in [9.17, 15) is 4.79 Å². The van der Waals surface area contributed by atoms with Gasteiger partial charge in [-0.05, 0) is 47.9 Å². The van der Waals surface area contributed by atoms with Crippen LogP contribution in [0.15, 0.2) is 41.8 Å². The minimum Gasteiger partial charge on any atom is -0.347 e. The molecule has 0 aliphatic carbocycles. The van der Waals surface area contributed by atoms with Crippen LogP contribution in [0.1, 0.15) is 35.1 Å². The molecule has 0 fully saturated rings. The maximum absolute atomic E-state index is 12.3. The lowest BCUT2D eigenvalue weighted by atomic mass is 10.1. The lowest BCUT2D eigenvalue weighted by Crippen LogP contribution is -2.22. The maximum atomic E-state index is 12.3. The van der Waals surface area contributed by atoms with Crippen molar-refractivity contribution in [1.82, 2.24) is 25.5 Å². The van der Waals surface area contributed by atoms with Gasteiger partial charge in [0.1, 0.15) is 0 Å². The molecule has 0 bridgehead atoms. The number of hydrogen-bond donors (Lipinski definition) is 1. The van der Waals surface area contributed by atoms with Crippen molar-refractivity contribution in [2.45, 2.75) is 26.4 Å². The third-order valence-corrected chi connectivity index (χ3v) is 4.24. The van der Waals surface area contributed by atoms with Gasteiger partial charge in [0, 0.05) is 16.0 Å². The van der Waals surface area contributed by atoms with Gasteiger partial charge >= 0.3 is 0 Å². The molecular formula is C16H17N5OS. The summed E-state index contributed by atoms with van der Waals surface area (Å²) in [5, 5.41) is 16.7. The molecule has 23 heavy (non-hydrogen) atoms. The Morgan fingerprint density at radius 2 is 2.17 bits per heavy atom.